The number of thioether (sulfide) groups is 1. The third kappa shape index (κ3) is 2.41. The average molecular weight is 283 g/mol. The van der Waals surface area contributed by atoms with Crippen LogP contribution >= 0.6 is 11.8 Å². The van der Waals surface area contributed by atoms with Crippen molar-refractivity contribution < 1.29 is 4.74 Å². The Morgan fingerprint density at radius 1 is 0.900 bits per heavy atom. The van der Waals surface area contributed by atoms with Crippen molar-refractivity contribution in [3.8, 4) is 0 Å². The van der Waals surface area contributed by atoms with Crippen LogP contribution < -0.4 is 5.32 Å². The number of hydrogen-bond donors (Lipinski definition) is 1. The lowest BCUT2D eigenvalue weighted by Crippen LogP contribution is -2.34. The van der Waals surface area contributed by atoms with Gasteiger partial charge >= 0.3 is 0 Å². The van der Waals surface area contributed by atoms with Crippen LogP contribution in [0.4, 0.5) is 0 Å². The van der Waals surface area contributed by atoms with Crippen molar-refractivity contribution in [1.82, 2.24) is 5.32 Å². The Balaban J connectivity index is 2.09. The molecule has 1 aliphatic rings. The molecule has 3 rings (SSSR count). The molecular weight excluding hydrogens is 266 g/mol. The molecule has 0 bridgehead atoms. The summed E-state index contributed by atoms with van der Waals surface area (Å²) in [5.74, 6) is 0.911. The maximum Gasteiger partial charge on any atom is 0.226 e. The molecule has 1 unspecified atom stereocenters. The minimum atomic E-state index is -0.420. The molecule has 3 heteroatoms. The van der Waals surface area contributed by atoms with Gasteiger partial charge in [0.05, 0.1) is 5.70 Å². The van der Waals surface area contributed by atoms with Crippen molar-refractivity contribution >= 4 is 23.2 Å². The van der Waals surface area contributed by atoms with E-state index in [2.05, 4.69) is 36.5 Å². The first-order chi connectivity index (χ1) is 9.72. The molecule has 20 heavy (non-hydrogen) atoms. The average Bonchev–Trinajstić information content (AvgIpc) is 2.88. The lowest BCUT2D eigenvalue weighted by molar-refractivity contribution is 0.156. The normalized spacial score (nSPS) is 21.5. The van der Waals surface area contributed by atoms with Crippen LogP contribution in [0.1, 0.15) is 18.1 Å². The van der Waals surface area contributed by atoms with Gasteiger partial charge in [0.15, 0.2) is 5.76 Å². The van der Waals surface area contributed by atoms with Gasteiger partial charge in [0.2, 0.25) is 5.06 Å². The molecule has 0 saturated carbocycles. The van der Waals surface area contributed by atoms with Crippen LogP contribution in [0.3, 0.4) is 0 Å². The molecule has 2 aromatic rings. The zero-order chi connectivity index (χ0) is 14.0. The van der Waals surface area contributed by atoms with Crippen LogP contribution in [0, 0.1) is 0 Å². The van der Waals surface area contributed by atoms with E-state index in [1.54, 1.807) is 11.8 Å². The van der Waals surface area contributed by atoms with Crippen molar-refractivity contribution in [2.24, 2.45) is 0 Å². The van der Waals surface area contributed by atoms with Crippen molar-refractivity contribution in [3.63, 3.8) is 0 Å². The third-order valence-corrected chi connectivity index (χ3v) is 4.33. The van der Waals surface area contributed by atoms with Gasteiger partial charge in [-0.05, 0) is 6.26 Å². The summed E-state index contributed by atoms with van der Waals surface area (Å²) in [5, 5.41) is 3.08. The number of ether oxygens (including phenoxy) is 1. The van der Waals surface area contributed by atoms with E-state index in [9.17, 15) is 0 Å². The summed E-state index contributed by atoms with van der Waals surface area (Å²) >= 11 is 1.66. The van der Waals surface area contributed by atoms with E-state index in [1.807, 2.05) is 42.7 Å². The SMILES string of the molecule is CSC1(C)NC(c2ccccc2)=C(c2ccccc2)O1. The zero-order valence-corrected chi connectivity index (χ0v) is 12.4. The number of nitrogens with one attached hydrogen (secondary N) is 1. The van der Waals surface area contributed by atoms with Crippen molar-refractivity contribution in [1.29, 1.82) is 0 Å². The van der Waals surface area contributed by atoms with Gasteiger partial charge in [-0.3, -0.25) is 0 Å². The maximum atomic E-state index is 6.18. The standard InChI is InChI=1S/C17H17NOS/c1-17(20-2)18-15(13-9-5-3-6-10-13)16(19-17)14-11-7-4-8-12-14/h3-12,18H,1-2H3. The van der Waals surface area contributed by atoms with Crippen LogP contribution in [-0.4, -0.2) is 11.3 Å². The molecule has 2 aromatic carbocycles. The number of hydrogen-bond acceptors (Lipinski definition) is 3. The van der Waals surface area contributed by atoms with Gasteiger partial charge in [-0.15, -0.1) is 0 Å². The second-order valence-electron chi connectivity index (χ2n) is 4.81. The van der Waals surface area contributed by atoms with Crippen molar-refractivity contribution in [3.05, 3.63) is 71.8 Å². The summed E-state index contributed by atoms with van der Waals surface area (Å²) in [7, 11) is 0. The van der Waals surface area contributed by atoms with E-state index < -0.39 is 5.06 Å². The molecule has 0 fully saturated rings. The predicted octanol–water partition coefficient (Wildman–Crippen LogP) is 4.17. The Morgan fingerprint density at radius 3 is 2.00 bits per heavy atom. The van der Waals surface area contributed by atoms with Gasteiger partial charge in [0.1, 0.15) is 0 Å². The first-order valence-corrected chi connectivity index (χ1v) is 7.82. The Hall–Kier alpha value is -1.87. The quantitative estimate of drug-likeness (QED) is 0.913. The first kappa shape index (κ1) is 13.1. The fraction of sp³-hybridized carbons (Fsp3) is 0.176. The van der Waals surface area contributed by atoms with Crippen LogP contribution in [0.5, 0.6) is 0 Å². The Labute approximate surface area is 123 Å². The molecule has 2 nitrogen and oxygen atoms in total. The lowest BCUT2D eigenvalue weighted by Gasteiger charge is -2.23. The lowest BCUT2D eigenvalue weighted by atomic mass is 10.1. The molecule has 0 radical (unpaired) electrons. The summed E-state index contributed by atoms with van der Waals surface area (Å²) in [4.78, 5) is 0. The fourth-order valence-corrected chi connectivity index (χ4v) is 2.62. The second-order valence-corrected chi connectivity index (χ2v) is 6.00. The summed E-state index contributed by atoms with van der Waals surface area (Å²) in [5.41, 5.74) is 3.29. The Bertz CT molecular complexity index is 570. The molecular formula is C17H17NOS. The topological polar surface area (TPSA) is 21.3 Å². The first-order valence-electron chi connectivity index (χ1n) is 6.59. The van der Waals surface area contributed by atoms with Crippen LogP contribution in [0.2, 0.25) is 0 Å². The molecule has 1 heterocycles. The Morgan fingerprint density at radius 2 is 1.45 bits per heavy atom. The highest BCUT2D eigenvalue weighted by atomic mass is 32.2. The second kappa shape index (κ2) is 5.25. The van der Waals surface area contributed by atoms with E-state index >= 15 is 0 Å². The highest BCUT2D eigenvalue weighted by molar-refractivity contribution is 7.99. The minimum absolute atomic E-state index is 0.420. The van der Waals surface area contributed by atoms with Gasteiger partial charge in [-0.1, -0.05) is 72.4 Å². The van der Waals surface area contributed by atoms with Crippen LogP contribution in [0.25, 0.3) is 11.5 Å². The van der Waals surface area contributed by atoms with Crippen molar-refractivity contribution in [2.45, 2.75) is 12.0 Å². The van der Waals surface area contributed by atoms with Gasteiger partial charge < -0.3 is 10.1 Å². The van der Waals surface area contributed by atoms with Crippen molar-refractivity contribution in [2.75, 3.05) is 6.26 Å². The highest BCUT2D eigenvalue weighted by Crippen LogP contribution is 2.40. The molecule has 102 valence electrons. The van der Waals surface area contributed by atoms with E-state index in [-0.39, 0.29) is 0 Å². The summed E-state index contributed by atoms with van der Waals surface area (Å²) < 4.78 is 6.18. The molecule has 0 spiro atoms. The summed E-state index contributed by atoms with van der Waals surface area (Å²) in [6.07, 6.45) is 2.05. The van der Waals surface area contributed by atoms with E-state index in [4.69, 9.17) is 4.74 Å². The maximum absolute atomic E-state index is 6.18. The van der Waals surface area contributed by atoms with E-state index in [1.165, 1.54) is 0 Å². The number of benzene rings is 2. The summed E-state index contributed by atoms with van der Waals surface area (Å²) in [6.45, 7) is 2.05. The molecule has 0 aliphatic carbocycles. The molecule has 0 amide bonds. The number of rotatable bonds is 3. The third-order valence-electron chi connectivity index (χ3n) is 3.36. The molecule has 0 aromatic heterocycles. The predicted molar refractivity (Wildman–Crippen MR) is 85.8 cm³/mol. The zero-order valence-electron chi connectivity index (χ0n) is 11.6. The van der Waals surface area contributed by atoms with Gasteiger partial charge in [0, 0.05) is 18.1 Å². The molecule has 1 N–H and O–H groups in total. The molecule has 1 atom stereocenters. The van der Waals surface area contributed by atoms with Crippen LogP contribution in [0.15, 0.2) is 60.7 Å². The molecule has 0 saturated heterocycles. The van der Waals surface area contributed by atoms with E-state index in [0.29, 0.717) is 0 Å². The van der Waals surface area contributed by atoms with Crippen LogP contribution in [-0.2, 0) is 4.74 Å². The monoisotopic (exact) mass is 283 g/mol. The van der Waals surface area contributed by atoms with Gasteiger partial charge in [-0.2, -0.15) is 0 Å². The van der Waals surface area contributed by atoms with Gasteiger partial charge in [0.25, 0.3) is 0 Å². The highest BCUT2D eigenvalue weighted by Gasteiger charge is 2.36. The smallest absolute Gasteiger partial charge is 0.226 e. The minimum Gasteiger partial charge on any atom is -0.456 e. The molecule has 1 aliphatic heterocycles. The Kier molecular flexibility index (Phi) is 3.45. The van der Waals surface area contributed by atoms with Gasteiger partial charge in [-0.25, -0.2) is 0 Å². The summed E-state index contributed by atoms with van der Waals surface area (Å²) in [6, 6.07) is 20.5. The fourth-order valence-electron chi connectivity index (χ4n) is 2.25. The largest absolute Gasteiger partial charge is 0.456 e. The van der Waals surface area contributed by atoms with E-state index in [0.717, 1.165) is 22.6 Å².